The van der Waals surface area contributed by atoms with E-state index in [1.165, 1.54) is 0 Å². The van der Waals surface area contributed by atoms with Crippen molar-refractivity contribution in [2.24, 2.45) is 22.7 Å². The summed E-state index contributed by atoms with van der Waals surface area (Å²) < 4.78 is 0. The van der Waals surface area contributed by atoms with Crippen molar-refractivity contribution in [1.82, 2.24) is 9.97 Å². The molecule has 4 saturated carbocycles. The van der Waals surface area contributed by atoms with Crippen LogP contribution in [0.15, 0.2) is 49.1 Å². The number of hydrogen-bond acceptors (Lipinski definition) is 4. The second kappa shape index (κ2) is 10.5. The van der Waals surface area contributed by atoms with Gasteiger partial charge in [0.25, 0.3) is 0 Å². The standard InChI is InChI=1S/C12H10N2.C12H16O4.H2O.Zn/c1(11-3-7-13-8-4-11)2-12-5-9-14-10-6-12;13-9(14)11-2-7-1-8(4-11)5-12(3-7,6-11)10(15)16;;/h1-10H;7-8H,1-6H2,(H,13,14)(H,15,16);1H2;/b2-1+;;;. The smallest absolute Gasteiger partial charge is 0.309 e. The molecule has 166 valence electrons. The summed E-state index contributed by atoms with van der Waals surface area (Å²) >= 11 is 0. The number of carboxylic acids is 2. The Labute approximate surface area is 200 Å². The van der Waals surface area contributed by atoms with Crippen molar-refractivity contribution in [3.05, 3.63) is 60.2 Å². The van der Waals surface area contributed by atoms with Gasteiger partial charge in [-0.2, -0.15) is 0 Å². The van der Waals surface area contributed by atoms with Gasteiger partial charge in [-0.15, -0.1) is 0 Å². The Morgan fingerprint density at radius 1 is 0.781 bits per heavy atom. The first-order valence-corrected chi connectivity index (χ1v) is 10.4. The zero-order valence-electron chi connectivity index (χ0n) is 18.0. The molecule has 0 amide bonds. The minimum atomic E-state index is -0.771. The van der Waals surface area contributed by atoms with E-state index >= 15 is 0 Å². The van der Waals surface area contributed by atoms with Gasteiger partial charge in [0.1, 0.15) is 0 Å². The van der Waals surface area contributed by atoms with Gasteiger partial charge >= 0.3 is 11.9 Å². The number of carboxylic acid groups (broad SMARTS) is 2. The largest absolute Gasteiger partial charge is 0.481 e. The molecule has 0 saturated heterocycles. The van der Waals surface area contributed by atoms with Crippen LogP contribution in [-0.2, 0) is 29.1 Å². The van der Waals surface area contributed by atoms with E-state index in [9.17, 15) is 19.8 Å². The first-order valence-electron chi connectivity index (χ1n) is 10.4. The topological polar surface area (TPSA) is 132 Å². The van der Waals surface area contributed by atoms with E-state index < -0.39 is 22.8 Å². The second-order valence-corrected chi connectivity index (χ2v) is 9.03. The van der Waals surface area contributed by atoms with Crippen molar-refractivity contribution in [1.29, 1.82) is 0 Å². The van der Waals surface area contributed by atoms with Crippen LogP contribution in [0.3, 0.4) is 0 Å². The predicted octanol–water partition coefficient (Wildman–Crippen LogP) is 3.56. The van der Waals surface area contributed by atoms with Crippen molar-refractivity contribution < 1.29 is 44.8 Å². The van der Waals surface area contributed by atoms with E-state index in [-0.39, 0.29) is 25.0 Å². The average molecular weight is 490 g/mol. The molecule has 4 bridgehead atoms. The van der Waals surface area contributed by atoms with Gasteiger partial charge in [-0.05, 0) is 85.8 Å². The van der Waals surface area contributed by atoms with E-state index in [2.05, 4.69) is 22.1 Å². The molecule has 0 atom stereocenters. The van der Waals surface area contributed by atoms with Crippen LogP contribution < -0.4 is 0 Å². The van der Waals surface area contributed by atoms with Gasteiger partial charge in [-0.1, -0.05) is 12.2 Å². The molecule has 2 aromatic heterocycles. The Balaban J connectivity index is 0.000000215. The quantitative estimate of drug-likeness (QED) is 0.631. The molecular formula is C24H28N2O5Zn. The van der Waals surface area contributed by atoms with Gasteiger partial charge in [0.05, 0.1) is 10.8 Å². The Hall–Kier alpha value is -2.44. The number of nitrogens with zero attached hydrogens (tertiary/aromatic N) is 2. The second-order valence-electron chi connectivity index (χ2n) is 9.03. The van der Waals surface area contributed by atoms with E-state index in [0.29, 0.717) is 43.9 Å². The van der Waals surface area contributed by atoms with Gasteiger partial charge in [0.15, 0.2) is 0 Å². The van der Waals surface area contributed by atoms with Crippen molar-refractivity contribution >= 4 is 24.1 Å². The minimum Gasteiger partial charge on any atom is -0.481 e. The third-order valence-corrected chi connectivity index (χ3v) is 6.85. The number of aliphatic carboxylic acids is 2. The Morgan fingerprint density at radius 3 is 1.44 bits per heavy atom. The van der Waals surface area contributed by atoms with Gasteiger partial charge in [-0.25, -0.2) is 0 Å². The predicted molar refractivity (Wildman–Crippen MR) is 116 cm³/mol. The summed E-state index contributed by atoms with van der Waals surface area (Å²) in [5, 5.41) is 18.8. The van der Waals surface area contributed by atoms with E-state index in [1.807, 2.05) is 24.3 Å². The fourth-order valence-electron chi connectivity index (χ4n) is 5.90. The summed E-state index contributed by atoms with van der Waals surface area (Å²) in [6.07, 6.45) is 15.5. The zero-order valence-corrected chi connectivity index (χ0v) is 21.0. The molecule has 0 radical (unpaired) electrons. The molecule has 0 aromatic carbocycles. The van der Waals surface area contributed by atoms with Gasteiger partial charge in [-0.3, -0.25) is 19.6 Å². The van der Waals surface area contributed by atoms with Gasteiger partial charge in [0.2, 0.25) is 0 Å². The molecule has 4 fully saturated rings. The monoisotopic (exact) mass is 488 g/mol. The number of carbonyl (C=O) groups is 2. The van der Waals surface area contributed by atoms with E-state index in [0.717, 1.165) is 17.5 Å². The average Bonchev–Trinajstić information content (AvgIpc) is 2.73. The van der Waals surface area contributed by atoms with Crippen LogP contribution in [0.1, 0.15) is 49.7 Å². The normalized spacial score (nSPS) is 29.2. The maximum atomic E-state index is 11.4. The third kappa shape index (κ3) is 5.30. The number of rotatable bonds is 4. The summed E-state index contributed by atoms with van der Waals surface area (Å²) in [4.78, 5) is 30.8. The molecule has 0 unspecified atom stereocenters. The van der Waals surface area contributed by atoms with Crippen LogP contribution >= 0.6 is 0 Å². The van der Waals surface area contributed by atoms with Crippen molar-refractivity contribution in [3.8, 4) is 0 Å². The molecular weight excluding hydrogens is 462 g/mol. The minimum absolute atomic E-state index is 0. The van der Waals surface area contributed by atoms with Crippen LogP contribution in [0.25, 0.3) is 12.2 Å². The number of hydrogen-bond donors (Lipinski definition) is 2. The third-order valence-electron chi connectivity index (χ3n) is 6.85. The SMILES string of the molecule is C(=C\c1ccncc1)/c1ccncc1.O.O=C(O)C12CC3CC(C1)CC(C(=O)O)(C3)C2.[Zn]. The number of pyridine rings is 2. The number of aromatic nitrogens is 2. The molecule has 2 heterocycles. The maximum absolute atomic E-state index is 11.4. The Morgan fingerprint density at radius 2 is 1.12 bits per heavy atom. The van der Waals surface area contributed by atoms with Gasteiger partial charge in [0, 0.05) is 44.3 Å². The summed E-state index contributed by atoms with van der Waals surface area (Å²) in [5.74, 6) is -0.888. The fourth-order valence-corrected chi connectivity index (χ4v) is 5.90. The Bertz CT molecular complexity index is 864. The first-order chi connectivity index (χ1) is 14.4. The summed E-state index contributed by atoms with van der Waals surface area (Å²) in [7, 11) is 0. The molecule has 32 heavy (non-hydrogen) atoms. The van der Waals surface area contributed by atoms with Crippen molar-refractivity contribution in [2.75, 3.05) is 0 Å². The molecule has 4 aliphatic carbocycles. The fraction of sp³-hybridized carbons (Fsp3) is 0.417. The molecule has 0 spiro atoms. The van der Waals surface area contributed by atoms with E-state index in [1.54, 1.807) is 24.8 Å². The Kier molecular flexibility index (Phi) is 8.43. The van der Waals surface area contributed by atoms with Crippen LogP contribution in [0.4, 0.5) is 0 Å². The summed E-state index contributed by atoms with van der Waals surface area (Å²) in [5.41, 5.74) is 0.860. The van der Waals surface area contributed by atoms with Crippen molar-refractivity contribution in [3.63, 3.8) is 0 Å². The molecule has 8 heteroatoms. The first kappa shape index (κ1) is 25.8. The van der Waals surface area contributed by atoms with Gasteiger partial charge < -0.3 is 15.7 Å². The molecule has 6 rings (SSSR count). The molecule has 7 nitrogen and oxygen atoms in total. The van der Waals surface area contributed by atoms with Crippen LogP contribution in [-0.4, -0.2) is 37.6 Å². The molecule has 2 aromatic rings. The molecule has 0 aliphatic heterocycles. The summed E-state index contributed by atoms with van der Waals surface area (Å²) in [6, 6.07) is 7.88. The maximum Gasteiger partial charge on any atom is 0.309 e. The van der Waals surface area contributed by atoms with Crippen LogP contribution in [0.5, 0.6) is 0 Å². The van der Waals surface area contributed by atoms with E-state index in [4.69, 9.17) is 0 Å². The van der Waals surface area contributed by atoms with Crippen molar-refractivity contribution in [2.45, 2.75) is 38.5 Å². The summed E-state index contributed by atoms with van der Waals surface area (Å²) in [6.45, 7) is 0. The molecule has 4 aliphatic rings. The molecule has 4 N–H and O–H groups in total. The van der Waals surface area contributed by atoms with Crippen LogP contribution in [0.2, 0.25) is 0 Å². The van der Waals surface area contributed by atoms with Crippen LogP contribution in [0, 0.1) is 22.7 Å². The zero-order chi connectivity index (χ0) is 21.2.